The van der Waals surface area contributed by atoms with Gasteiger partial charge in [0.15, 0.2) is 0 Å². The summed E-state index contributed by atoms with van der Waals surface area (Å²) in [5.41, 5.74) is 1.38. The molecule has 2 rings (SSSR count). The van der Waals surface area contributed by atoms with Gasteiger partial charge in [0.05, 0.1) is 5.69 Å². The number of nitrogens with zero attached hydrogens (tertiary/aromatic N) is 2. The molecule has 7 heteroatoms. The number of aromatic carboxylic acids is 1. The van der Waals surface area contributed by atoms with Gasteiger partial charge in [-0.05, 0) is 37.6 Å². The van der Waals surface area contributed by atoms with Gasteiger partial charge in [-0.3, -0.25) is 9.78 Å². The van der Waals surface area contributed by atoms with Gasteiger partial charge in [-0.2, -0.15) is 0 Å². The smallest absolute Gasteiger partial charge is 0.348 e. The summed E-state index contributed by atoms with van der Waals surface area (Å²) >= 11 is 1.10. The Morgan fingerprint density at radius 3 is 2.83 bits per heavy atom. The summed E-state index contributed by atoms with van der Waals surface area (Å²) in [6.07, 6.45) is 2.89. The van der Waals surface area contributed by atoms with E-state index in [1.807, 2.05) is 25.2 Å². The fourth-order valence-corrected chi connectivity index (χ4v) is 2.95. The van der Waals surface area contributed by atoms with Gasteiger partial charge in [0.2, 0.25) is 5.91 Å². The molecule has 6 nitrogen and oxygen atoms in total. The minimum absolute atomic E-state index is 0.153. The van der Waals surface area contributed by atoms with E-state index in [0.717, 1.165) is 23.5 Å². The van der Waals surface area contributed by atoms with Crippen LogP contribution < -0.4 is 5.32 Å². The van der Waals surface area contributed by atoms with Crippen molar-refractivity contribution in [1.82, 2.24) is 9.88 Å². The summed E-state index contributed by atoms with van der Waals surface area (Å²) < 4.78 is 0. The molecule has 2 aromatic heterocycles. The SMILES string of the molecule is C[C@@H](Cc1ccccn1)N(C)CCC(=O)Nc1ccsc1C(=O)O. The van der Waals surface area contributed by atoms with Crippen LogP contribution in [0.4, 0.5) is 5.69 Å². The molecular formula is C17H21N3O3S. The molecule has 0 bridgehead atoms. The van der Waals surface area contributed by atoms with Crippen molar-refractivity contribution in [3.63, 3.8) is 0 Å². The lowest BCUT2D eigenvalue weighted by Gasteiger charge is -2.24. The molecule has 0 saturated heterocycles. The van der Waals surface area contributed by atoms with E-state index in [2.05, 4.69) is 22.1 Å². The Balaban J connectivity index is 1.80. The van der Waals surface area contributed by atoms with E-state index in [4.69, 9.17) is 5.11 Å². The monoisotopic (exact) mass is 347 g/mol. The van der Waals surface area contributed by atoms with Crippen molar-refractivity contribution >= 4 is 28.9 Å². The Kier molecular flexibility index (Phi) is 6.45. The zero-order valence-electron chi connectivity index (χ0n) is 13.7. The zero-order valence-corrected chi connectivity index (χ0v) is 14.5. The van der Waals surface area contributed by atoms with Crippen molar-refractivity contribution in [2.45, 2.75) is 25.8 Å². The van der Waals surface area contributed by atoms with Crippen LogP contribution in [0.25, 0.3) is 0 Å². The number of amides is 1. The van der Waals surface area contributed by atoms with Crippen LogP contribution in [0.1, 0.15) is 28.7 Å². The quantitative estimate of drug-likeness (QED) is 0.767. The number of pyridine rings is 1. The normalized spacial score (nSPS) is 12.1. The number of carbonyl (C=O) groups excluding carboxylic acids is 1. The van der Waals surface area contributed by atoms with Crippen molar-refractivity contribution < 1.29 is 14.7 Å². The molecule has 2 aromatic rings. The van der Waals surface area contributed by atoms with E-state index in [9.17, 15) is 9.59 Å². The first-order valence-electron chi connectivity index (χ1n) is 7.68. The maximum Gasteiger partial charge on any atom is 0.348 e. The van der Waals surface area contributed by atoms with Gasteiger partial charge in [-0.15, -0.1) is 11.3 Å². The molecule has 1 atom stereocenters. The highest BCUT2D eigenvalue weighted by atomic mass is 32.1. The summed E-state index contributed by atoms with van der Waals surface area (Å²) in [6, 6.07) is 7.70. The van der Waals surface area contributed by atoms with E-state index in [-0.39, 0.29) is 16.8 Å². The number of carbonyl (C=O) groups is 2. The fraction of sp³-hybridized carbons (Fsp3) is 0.353. The molecule has 2 N–H and O–H groups in total. The molecule has 0 saturated carbocycles. The molecule has 24 heavy (non-hydrogen) atoms. The molecule has 2 heterocycles. The highest BCUT2D eigenvalue weighted by Gasteiger charge is 2.16. The summed E-state index contributed by atoms with van der Waals surface area (Å²) in [6.45, 7) is 2.68. The van der Waals surface area contributed by atoms with Gasteiger partial charge in [-0.25, -0.2) is 4.79 Å². The fourth-order valence-electron chi connectivity index (χ4n) is 2.26. The van der Waals surface area contributed by atoms with Crippen LogP contribution in [-0.4, -0.2) is 46.5 Å². The number of thiophene rings is 1. The van der Waals surface area contributed by atoms with Crippen LogP contribution >= 0.6 is 11.3 Å². The Hall–Kier alpha value is -2.25. The third-order valence-electron chi connectivity index (χ3n) is 3.81. The molecule has 0 aliphatic rings. The predicted octanol–water partition coefficient (Wildman–Crippen LogP) is 2.73. The molecule has 0 aromatic carbocycles. The van der Waals surface area contributed by atoms with Crippen molar-refractivity contribution in [1.29, 1.82) is 0 Å². The molecule has 0 spiro atoms. The van der Waals surface area contributed by atoms with Gasteiger partial charge in [0.25, 0.3) is 0 Å². The molecule has 0 radical (unpaired) electrons. The first-order valence-corrected chi connectivity index (χ1v) is 8.56. The largest absolute Gasteiger partial charge is 0.477 e. The number of carboxylic acids is 1. The van der Waals surface area contributed by atoms with Gasteiger partial charge >= 0.3 is 5.97 Å². The van der Waals surface area contributed by atoms with Gasteiger partial charge in [-0.1, -0.05) is 6.07 Å². The van der Waals surface area contributed by atoms with Crippen molar-refractivity contribution in [2.24, 2.45) is 0 Å². The summed E-state index contributed by atoms with van der Waals surface area (Å²) in [5.74, 6) is -1.21. The second kappa shape index (κ2) is 8.56. The van der Waals surface area contributed by atoms with Crippen LogP contribution in [0.5, 0.6) is 0 Å². The van der Waals surface area contributed by atoms with E-state index in [0.29, 0.717) is 18.7 Å². The average Bonchev–Trinajstić information content (AvgIpc) is 3.01. The minimum atomic E-state index is -1.03. The van der Waals surface area contributed by atoms with E-state index in [1.165, 1.54) is 0 Å². The van der Waals surface area contributed by atoms with Crippen molar-refractivity contribution in [3.05, 3.63) is 46.4 Å². The number of anilines is 1. The standard InChI is InChI=1S/C17H21N3O3S/c1-12(11-13-5-3-4-8-18-13)20(2)9-6-15(21)19-14-7-10-24-16(14)17(22)23/h3-5,7-8,10,12H,6,9,11H2,1-2H3,(H,19,21)(H,22,23)/t12-/m0/s1. The second-order valence-corrected chi connectivity index (χ2v) is 6.54. The molecule has 0 aliphatic carbocycles. The lowest BCUT2D eigenvalue weighted by Crippen LogP contribution is -2.33. The van der Waals surface area contributed by atoms with Crippen LogP contribution in [-0.2, 0) is 11.2 Å². The lowest BCUT2D eigenvalue weighted by molar-refractivity contribution is -0.116. The van der Waals surface area contributed by atoms with Crippen LogP contribution in [0, 0.1) is 0 Å². The van der Waals surface area contributed by atoms with Crippen LogP contribution in [0.3, 0.4) is 0 Å². The molecule has 0 unspecified atom stereocenters. The number of hydrogen-bond donors (Lipinski definition) is 2. The summed E-state index contributed by atoms with van der Waals surface area (Å²) in [5, 5.41) is 13.4. The molecule has 0 aliphatic heterocycles. The molecule has 1 amide bonds. The number of carboxylic acid groups (broad SMARTS) is 1. The highest BCUT2D eigenvalue weighted by molar-refractivity contribution is 7.12. The number of aromatic nitrogens is 1. The Labute approximate surface area is 145 Å². The zero-order chi connectivity index (χ0) is 17.5. The number of rotatable bonds is 8. The first-order chi connectivity index (χ1) is 11.5. The maximum absolute atomic E-state index is 12.0. The molecule has 128 valence electrons. The number of hydrogen-bond acceptors (Lipinski definition) is 5. The number of nitrogens with one attached hydrogen (secondary N) is 1. The molecular weight excluding hydrogens is 326 g/mol. The first kappa shape index (κ1) is 18.1. The Morgan fingerprint density at radius 1 is 1.38 bits per heavy atom. The van der Waals surface area contributed by atoms with E-state index < -0.39 is 5.97 Å². The topological polar surface area (TPSA) is 82.5 Å². The highest BCUT2D eigenvalue weighted by Crippen LogP contribution is 2.22. The summed E-state index contributed by atoms with van der Waals surface area (Å²) in [4.78, 5) is 29.6. The minimum Gasteiger partial charge on any atom is -0.477 e. The van der Waals surface area contributed by atoms with Crippen molar-refractivity contribution in [3.8, 4) is 0 Å². The third kappa shape index (κ3) is 5.14. The van der Waals surface area contributed by atoms with Crippen LogP contribution in [0.2, 0.25) is 0 Å². The Morgan fingerprint density at radius 2 is 2.17 bits per heavy atom. The van der Waals surface area contributed by atoms with Gasteiger partial charge in [0, 0.05) is 37.3 Å². The third-order valence-corrected chi connectivity index (χ3v) is 4.71. The predicted molar refractivity (Wildman–Crippen MR) is 94.6 cm³/mol. The molecule has 0 fully saturated rings. The van der Waals surface area contributed by atoms with Gasteiger partial charge in [0.1, 0.15) is 4.88 Å². The second-order valence-electron chi connectivity index (χ2n) is 5.62. The maximum atomic E-state index is 12.0. The average molecular weight is 347 g/mol. The van der Waals surface area contributed by atoms with E-state index >= 15 is 0 Å². The number of likely N-dealkylation sites (N-methyl/N-ethyl adjacent to an activating group) is 1. The van der Waals surface area contributed by atoms with Crippen LogP contribution in [0.15, 0.2) is 35.8 Å². The lowest BCUT2D eigenvalue weighted by atomic mass is 10.1. The Bertz CT molecular complexity index is 687. The van der Waals surface area contributed by atoms with E-state index in [1.54, 1.807) is 17.6 Å². The van der Waals surface area contributed by atoms with Crippen molar-refractivity contribution in [2.75, 3.05) is 18.9 Å². The van der Waals surface area contributed by atoms with Gasteiger partial charge < -0.3 is 15.3 Å². The summed E-state index contributed by atoms with van der Waals surface area (Å²) in [7, 11) is 1.97.